The van der Waals surface area contributed by atoms with Gasteiger partial charge in [-0.05, 0) is 54.5 Å². The second-order valence-electron chi connectivity index (χ2n) is 7.04. The van der Waals surface area contributed by atoms with Gasteiger partial charge in [-0.1, -0.05) is 49.7 Å². The molecule has 1 heterocycles. The van der Waals surface area contributed by atoms with E-state index < -0.39 is 0 Å². The molecule has 0 spiro atoms. The van der Waals surface area contributed by atoms with Gasteiger partial charge in [-0.25, -0.2) is 0 Å². The molecule has 3 aromatic carbocycles. The Balaban J connectivity index is 1.58. The molecule has 1 aliphatic rings. The van der Waals surface area contributed by atoms with Gasteiger partial charge < -0.3 is 15.4 Å². The van der Waals surface area contributed by atoms with Crippen LogP contribution in [-0.4, -0.2) is 12.4 Å². The maximum atomic E-state index is 8.74. The van der Waals surface area contributed by atoms with Crippen LogP contribution in [0.5, 0.6) is 5.75 Å². The Morgan fingerprint density at radius 1 is 0.931 bits per heavy atom. The lowest BCUT2D eigenvalue weighted by Crippen LogP contribution is -2.13. The molecule has 4 nitrogen and oxygen atoms in total. The molecule has 3 N–H and O–H groups in total. The molecular weight excluding hydrogens is 358 g/mol. The number of nitrogens with one attached hydrogen (secondary N) is 3. The van der Waals surface area contributed by atoms with Crippen molar-refractivity contribution in [2.75, 3.05) is 17.2 Å². The van der Waals surface area contributed by atoms with Crippen LogP contribution in [-0.2, 0) is 0 Å². The highest BCUT2D eigenvalue weighted by molar-refractivity contribution is 6.32. The van der Waals surface area contributed by atoms with Crippen LogP contribution in [0.1, 0.15) is 30.9 Å². The van der Waals surface area contributed by atoms with E-state index in [-0.39, 0.29) is 0 Å². The van der Waals surface area contributed by atoms with E-state index in [0.717, 1.165) is 59.0 Å². The molecule has 0 radical (unpaired) electrons. The third-order valence-corrected chi connectivity index (χ3v) is 4.91. The van der Waals surface area contributed by atoms with E-state index in [1.54, 1.807) is 0 Å². The highest BCUT2D eigenvalue weighted by atomic mass is 16.5. The fraction of sp³-hybridized carbons (Fsp3) is 0.160. The van der Waals surface area contributed by atoms with E-state index in [0.29, 0.717) is 5.84 Å². The molecular formula is C25H25N3O. The number of hydrogen-bond donors (Lipinski definition) is 3. The molecule has 3 aromatic rings. The molecule has 146 valence electrons. The highest BCUT2D eigenvalue weighted by Gasteiger charge is 2.17. The van der Waals surface area contributed by atoms with Gasteiger partial charge >= 0.3 is 0 Å². The first-order valence-electron chi connectivity index (χ1n) is 10.0. The first-order valence-corrected chi connectivity index (χ1v) is 10.0. The quantitative estimate of drug-likeness (QED) is 0.257. The number of rotatable bonds is 6. The van der Waals surface area contributed by atoms with E-state index in [4.69, 9.17) is 10.1 Å². The molecule has 0 saturated heterocycles. The monoisotopic (exact) mass is 383 g/mol. The second kappa shape index (κ2) is 8.65. The largest absolute Gasteiger partial charge is 0.494 e. The predicted octanol–water partition coefficient (Wildman–Crippen LogP) is 6.55. The summed E-state index contributed by atoms with van der Waals surface area (Å²) in [5, 5.41) is 15.5. The second-order valence-corrected chi connectivity index (χ2v) is 7.04. The maximum absolute atomic E-state index is 8.74. The highest BCUT2D eigenvalue weighted by Crippen LogP contribution is 2.35. The number of hydrogen-bond acceptors (Lipinski definition) is 3. The van der Waals surface area contributed by atoms with Gasteiger partial charge in [0.25, 0.3) is 0 Å². The van der Waals surface area contributed by atoms with Gasteiger partial charge in [0, 0.05) is 28.2 Å². The number of unbranched alkanes of at least 4 members (excludes halogenated alkanes) is 1. The summed E-state index contributed by atoms with van der Waals surface area (Å²) in [6.07, 6.45) is 4.23. The van der Waals surface area contributed by atoms with Crippen molar-refractivity contribution >= 4 is 34.5 Å². The van der Waals surface area contributed by atoms with Crippen LogP contribution in [0.4, 0.5) is 17.1 Å². The van der Waals surface area contributed by atoms with Crippen LogP contribution in [0.15, 0.2) is 72.8 Å². The Morgan fingerprint density at radius 3 is 2.45 bits per heavy atom. The Bertz CT molecular complexity index is 1040. The lowest BCUT2D eigenvalue weighted by molar-refractivity contribution is 0.309. The maximum Gasteiger partial charge on any atom is 0.130 e. The summed E-state index contributed by atoms with van der Waals surface area (Å²) in [6.45, 7) is 2.88. The molecule has 0 bridgehead atoms. The van der Waals surface area contributed by atoms with Gasteiger partial charge in [0.15, 0.2) is 0 Å². The number of fused-ring (bicyclic) bond motifs is 2. The average molecular weight is 383 g/mol. The van der Waals surface area contributed by atoms with Gasteiger partial charge in [-0.15, -0.1) is 0 Å². The molecule has 0 fully saturated rings. The zero-order chi connectivity index (χ0) is 20.1. The van der Waals surface area contributed by atoms with Crippen LogP contribution in [0.2, 0.25) is 0 Å². The standard InChI is InChI=1S/C25H25N3O/c1-2-3-16-29-20-14-12-19(13-15-20)27-25(26)22-17-18-8-4-6-10-23(18)28-24-11-7-5-9-21(22)24/h4-15,17,28H,2-3,16H2,1H3,(H2,26,27). The molecule has 0 atom stereocenters. The van der Waals surface area contributed by atoms with Crippen molar-refractivity contribution in [3.05, 3.63) is 83.9 Å². The Morgan fingerprint density at radius 2 is 1.66 bits per heavy atom. The summed E-state index contributed by atoms with van der Waals surface area (Å²) in [5.41, 5.74) is 5.81. The first kappa shape index (κ1) is 18.8. The van der Waals surface area contributed by atoms with Crippen LogP contribution in [0.25, 0.3) is 11.6 Å². The summed E-state index contributed by atoms with van der Waals surface area (Å²) in [7, 11) is 0. The van der Waals surface area contributed by atoms with Gasteiger partial charge in [0.05, 0.1) is 6.61 Å². The number of anilines is 3. The van der Waals surface area contributed by atoms with E-state index in [9.17, 15) is 0 Å². The smallest absolute Gasteiger partial charge is 0.130 e. The van der Waals surface area contributed by atoms with Gasteiger partial charge in [-0.3, -0.25) is 5.41 Å². The van der Waals surface area contributed by atoms with Crippen molar-refractivity contribution in [2.24, 2.45) is 0 Å². The lowest BCUT2D eigenvalue weighted by Gasteiger charge is -2.14. The van der Waals surface area contributed by atoms with Crippen molar-refractivity contribution in [1.29, 1.82) is 5.41 Å². The van der Waals surface area contributed by atoms with Crippen molar-refractivity contribution in [3.63, 3.8) is 0 Å². The normalized spacial score (nSPS) is 12.0. The molecule has 4 rings (SSSR count). The van der Waals surface area contributed by atoms with Crippen molar-refractivity contribution in [2.45, 2.75) is 19.8 Å². The fourth-order valence-electron chi connectivity index (χ4n) is 3.33. The zero-order valence-corrected chi connectivity index (χ0v) is 16.5. The van der Waals surface area contributed by atoms with E-state index in [1.807, 2.05) is 60.7 Å². The van der Waals surface area contributed by atoms with Gasteiger partial charge in [0.2, 0.25) is 0 Å². The SMILES string of the molecule is CCCCOc1ccc(NC(=N)C2=Cc3ccccc3Nc3ccccc32)cc1. The molecule has 0 saturated carbocycles. The molecule has 0 unspecified atom stereocenters. The summed E-state index contributed by atoms with van der Waals surface area (Å²) >= 11 is 0. The summed E-state index contributed by atoms with van der Waals surface area (Å²) in [5.74, 6) is 1.21. The Labute approximate surface area is 171 Å². The summed E-state index contributed by atoms with van der Waals surface area (Å²) in [6, 6.07) is 24.0. The van der Waals surface area contributed by atoms with Crippen LogP contribution in [0.3, 0.4) is 0 Å². The van der Waals surface area contributed by atoms with Crippen LogP contribution in [0, 0.1) is 5.41 Å². The van der Waals surface area contributed by atoms with Crippen molar-refractivity contribution < 1.29 is 4.74 Å². The summed E-state index contributed by atoms with van der Waals surface area (Å²) < 4.78 is 5.72. The fourth-order valence-corrected chi connectivity index (χ4v) is 3.33. The minimum absolute atomic E-state index is 0.357. The third kappa shape index (κ3) is 4.32. The lowest BCUT2D eigenvalue weighted by atomic mass is 10.0. The van der Waals surface area contributed by atoms with E-state index in [1.165, 1.54) is 0 Å². The number of amidine groups is 1. The molecule has 4 heteroatoms. The number of ether oxygens (including phenoxy) is 1. The minimum Gasteiger partial charge on any atom is -0.494 e. The summed E-state index contributed by atoms with van der Waals surface area (Å²) in [4.78, 5) is 0. The van der Waals surface area contributed by atoms with Gasteiger partial charge in [0.1, 0.15) is 11.6 Å². The molecule has 0 aliphatic carbocycles. The topological polar surface area (TPSA) is 57.1 Å². The average Bonchev–Trinajstić information content (AvgIpc) is 2.92. The van der Waals surface area contributed by atoms with E-state index in [2.05, 4.69) is 35.8 Å². The first-order chi connectivity index (χ1) is 14.2. The van der Waals surface area contributed by atoms with Crippen LogP contribution >= 0.6 is 0 Å². The number of benzene rings is 3. The number of para-hydroxylation sites is 2. The third-order valence-electron chi connectivity index (χ3n) is 4.91. The molecule has 0 aromatic heterocycles. The van der Waals surface area contributed by atoms with Crippen molar-refractivity contribution in [1.82, 2.24) is 0 Å². The van der Waals surface area contributed by atoms with E-state index >= 15 is 0 Å². The zero-order valence-electron chi connectivity index (χ0n) is 16.5. The Kier molecular flexibility index (Phi) is 5.61. The van der Waals surface area contributed by atoms with Crippen LogP contribution < -0.4 is 15.4 Å². The minimum atomic E-state index is 0.357. The molecule has 0 amide bonds. The van der Waals surface area contributed by atoms with Crippen molar-refractivity contribution in [3.8, 4) is 5.75 Å². The predicted molar refractivity (Wildman–Crippen MR) is 122 cm³/mol. The molecule has 1 aliphatic heterocycles. The van der Waals surface area contributed by atoms with Gasteiger partial charge in [-0.2, -0.15) is 0 Å². The Hall–Kier alpha value is -3.53. The molecule has 29 heavy (non-hydrogen) atoms.